The van der Waals surface area contributed by atoms with Crippen molar-refractivity contribution in [2.45, 2.75) is 6.10 Å². The van der Waals surface area contributed by atoms with Crippen LogP contribution >= 0.6 is 0 Å². The minimum atomic E-state index is -1.09. The number of carbonyl (C=O) groups is 1. The van der Waals surface area contributed by atoms with Crippen molar-refractivity contribution in [3.8, 4) is 5.75 Å². The zero-order chi connectivity index (χ0) is 11.3. The van der Waals surface area contributed by atoms with Crippen molar-refractivity contribution in [1.82, 2.24) is 0 Å². The summed E-state index contributed by atoms with van der Waals surface area (Å²) in [6, 6.07) is 6.11. The zero-order valence-corrected chi connectivity index (χ0v) is 11.0. The Morgan fingerprint density at radius 3 is 2.56 bits per heavy atom. The smallest absolute Gasteiger partial charge is 0.490 e. The standard InChI is InChI=1S/C10H12O5.Na/c11-5-7(12)6-15-9-4-2-1-3-8(9)10(13)14;/h1-4,7,11-12H,5-6H2,(H,13,14);/q;+1. The SMILES string of the molecule is O=C(O)c1ccccc1OCC(O)CO.[Na+]. The summed E-state index contributed by atoms with van der Waals surface area (Å²) in [7, 11) is 0. The maximum Gasteiger partial charge on any atom is 1.00 e. The number of benzene rings is 1. The van der Waals surface area contributed by atoms with Crippen LogP contribution in [0, 0.1) is 0 Å². The van der Waals surface area contributed by atoms with Crippen LogP contribution in [0.4, 0.5) is 0 Å². The Morgan fingerprint density at radius 1 is 1.38 bits per heavy atom. The van der Waals surface area contributed by atoms with E-state index in [1.54, 1.807) is 12.1 Å². The molecule has 82 valence electrons. The number of hydrogen-bond donors (Lipinski definition) is 3. The molecule has 0 heterocycles. The van der Waals surface area contributed by atoms with E-state index in [0.29, 0.717) is 0 Å². The molecule has 0 saturated heterocycles. The number of aromatic carboxylic acids is 1. The number of aliphatic hydroxyl groups excluding tert-OH is 2. The number of aliphatic hydroxyl groups is 2. The van der Waals surface area contributed by atoms with Crippen molar-refractivity contribution in [3.63, 3.8) is 0 Å². The average Bonchev–Trinajstić information content (AvgIpc) is 2.26. The molecule has 16 heavy (non-hydrogen) atoms. The van der Waals surface area contributed by atoms with Gasteiger partial charge in [-0.3, -0.25) is 0 Å². The second-order valence-corrected chi connectivity index (χ2v) is 2.95. The molecule has 1 aromatic rings. The van der Waals surface area contributed by atoms with Gasteiger partial charge >= 0.3 is 35.5 Å². The molecule has 3 N–H and O–H groups in total. The molecule has 0 saturated carbocycles. The molecule has 0 fully saturated rings. The summed E-state index contributed by atoms with van der Waals surface area (Å²) in [6.07, 6.45) is -1.01. The molecule has 1 unspecified atom stereocenters. The van der Waals surface area contributed by atoms with Crippen molar-refractivity contribution < 1.29 is 54.4 Å². The van der Waals surface area contributed by atoms with Gasteiger partial charge in [-0.25, -0.2) is 4.79 Å². The van der Waals surface area contributed by atoms with Crippen molar-refractivity contribution >= 4 is 5.97 Å². The first-order valence-electron chi connectivity index (χ1n) is 4.39. The average molecular weight is 235 g/mol. The van der Waals surface area contributed by atoms with E-state index in [4.69, 9.17) is 20.1 Å². The van der Waals surface area contributed by atoms with Crippen LogP contribution in [0.1, 0.15) is 10.4 Å². The fourth-order valence-electron chi connectivity index (χ4n) is 1.01. The van der Waals surface area contributed by atoms with Gasteiger partial charge in [-0.2, -0.15) is 0 Å². The number of rotatable bonds is 5. The van der Waals surface area contributed by atoms with Crippen LogP contribution < -0.4 is 34.3 Å². The summed E-state index contributed by atoms with van der Waals surface area (Å²) >= 11 is 0. The molecule has 5 nitrogen and oxygen atoms in total. The maximum atomic E-state index is 10.7. The molecule has 0 aliphatic carbocycles. The Kier molecular flexibility index (Phi) is 7.36. The zero-order valence-electron chi connectivity index (χ0n) is 8.96. The number of ether oxygens (including phenoxy) is 1. The van der Waals surface area contributed by atoms with Crippen LogP contribution in [0.2, 0.25) is 0 Å². The summed E-state index contributed by atoms with van der Waals surface area (Å²) in [5.41, 5.74) is 0.0302. The van der Waals surface area contributed by atoms with E-state index >= 15 is 0 Å². The number of carboxylic acids is 1. The predicted molar refractivity (Wildman–Crippen MR) is 52.0 cm³/mol. The van der Waals surface area contributed by atoms with Gasteiger partial charge in [0.25, 0.3) is 0 Å². The molecular formula is C10H12NaO5+. The molecule has 0 aliphatic heterocycles. The maximum absolute atomic E-state index is 10.7. The third-order valence-corrected chi connectivity index (χ3v) is 1.76. The molecule has 0 amide bonds. The Balaban J connectivity index is 0.00000225. The Bertz CT molecular complexity index is 342. The Labute approximate surface area is 115 Å². The largest absolute Gasteiger partial charge is 1.00 e. The third kappa shape index (κ3) is 4.51. The minimum Gasteiger partial charge on any atom is -0.490 e. The van der Waals surface area contributed by atoms with E-state index in [1.165, 1.54) is 12.1 Å². The van der Waals surface area contributed by atoms with Gasteiger partial charge in [0.1, 0.15) is 24.0 Å². The van der Waals surface area contributed by atoms with Crippen molar-refractivity contribution in [2.24, 2.45) is 0 Å². The van der Waals surface area contributed by atoms with Crippen molar-refractivity contribution in [3.05, 3.63) is 29.8 Å². The third-order valence-electron chi connectivity index (χ3n) is 1.76. The molecule has 1 atom stereocenters. The van der Waals surface area contributed by atoms with Gasteiger partial charge in [-0.15, -0.1) is 0 Å². The number of carboxylic acid groups (broad SMARTS) is 1. The topological polar surface area (TPSA) is 87.0 Å². The molecule has 1 aromatic carbocycles. The van der Waals surface area contributed by atoms with Gasteiger partial charge in [0, 0.05) is 0 Å². The minimum absolute atomic E-state index is 0. The normalized spacial score (nSPS) is 11.4. The molecule has 0 radical (unpaired) electrons. The van der Waals surface area contributed by atoms with Crippen LogP contribution in [0.5, 0.6) is 5.75 Å². The van der Waals surface area contributed by atoms with Gasteiger partial charge < -0.3 is 20.1 Å². The monoisotopic (exact) mass is 235 g/mol. The molecule has 0 bridgehead atoms. The van der Waals surface area contributed by atoms with Crippen molar-refractivity contribution in [1.29, 1.82) is 0 Å². The Hall–Kier alpha value is -0.590. The summed E-state index contributed by atoms with van der Waals surface area (Å²) in [4.78, 5) is 10.7. The van der Waals surface area contributed by atoms with Gasteiger partial charge in [0.15, 0.2) is 0 Å². The fourth-order valence-corrected chi connectivity index (χ4v) is 1.01. The van der Waals surface area contributed by atoms with E-state index in [9.17, 15) is 4.79 Å². The quantitative estimate of drug-likeness (QED) is 0.477. The predicted octanol–water partition coefficient (Wildman–Crippen LogP) is -2.88. The number of hydrogen-bond acceptors (Lipinski definition) is 4. The van der Waals surface area contributed by atoms with E-state index in [0.717, 1.165) is 0 Å². The van der Waals surface area contributed by atoms with Crippen LogP contribution in [0.15, 0.2) is 24.3 Å². The van der Waals surface area contributed by atoms with Crippen LogP contribution in [-0.4, -0.2) is 40.6 Å². The van der Waals surface area contributed by atoms with Gasteiger partial charge in [-0.1, -0.05) is 12.1 Å². The summed E-state index contributed by atoms with van der Waals surface area (Å²) in [5.74, 6) is -0.915. The second kappa shape index (κ2) is 7.65. The van der Waals surface area contributed by atoms with Gasteiger partial charge in [0.05, 0.1) is 6.61 Å². The molecular weight excluding hydrogens is 223 g/mol. The molecule has 1 rings (SSSR count). The van der Waals surface area contributed by atoms with Crippen LogP contribution in [0.3, 0.4) is 0 Å². The molecule has 6 heteroatoms. The fraction of sp³-hybridized carbons (Fsp3) is 0.300. The van der Waals surface area contributed by atoms with Crippen LogP contribution in [-0.2, 0) is 0 Å². The van der Waals surface area contributed by atoms with E-state index in [2.05, 4.69) is 0 Å². The van der Waals surface area contributed by atoms with E-state index in [1.807, 2.05) is 0 Å². The first-order valence-corrected chi connectivity index (χ1v) is 4.39. The molecule has 0 aliphatic rings. The van der Waals surface area contributed by atoms with Gasteiger partial charge in [-0.05, 0) is 12.1 Å². The summed E-state index contributed by atoms with van der Waals surface area (Å²) in [6.45, 7) is -0.559. The second-order valence-electron chi connectivity index (χ2n) is 2.95. The van der Waals surface area contributed by atoms with E-state index < -0.39 is 18.7 Å². The van der Waals surface area contributed by atoms with E-state index in [-0.39, 0.29) is 47.5 Å². The van der Waals surface area contributed by atoms with Crippen LogP contribution in [0.25, 0.3) is 0 Å². The first-order chi connectivity index (χ1) is 7.15. The summed E-state index contributed by atoms with van der Waals surface area (Å²) < 4.78 is 5.06. The summed E-state index contributed by atoms with van der Waals surface area (Å²) in [5, 5.41) is 26.4. The Morgan fingerprint density at radius 2 is 2.00 bits per heavy atom. The molecule has 0 spiro atoms. The number of para-hydroxylation sites is 1. The molecule has 0 aromatic heterocycles. The van der Waals surface area contributed by atoms with Crippen molar-refractivity contribution in [2.75, 3.05) is 13.2 Å². The first kappa shape index (κ1) is 15.4. The van der Waals surface area contributed by atoms with Gasteiger partial charge in [0.2, 0.25) is 0 Å².